The third kappa shape index (κ3) is 1.32. The Labute approximate surface area is 120 Å². The molecule has 3 nitrogen and oxygen atoms in total. The first-order valence-corrected chi connectivity index (χ1v) is 6.95. The molecule has 1 aromatic carbocycles. The highest BCUT2D eigenvalue weighted by Gasteiger charge is 2.12. The standard InChI is InChI=1S/C18H11N3/c1-2-6-13-12(5-1)11-20-17-14-7-3-9-19-16(14)15-8-4-10-21(15)18(13)17/h1-11H. The van der Waals surface area contributed by atoms with E-state index in [1.54, 1.807) is 0 Å². The highest BCUT2D eigenvalue weighted by atomic mass is 14.9. The van der Waals surface area contributed by atoms with Crippen LogP contribution in [0.2, 0.25) is 0 Å². The Hall–Kier alpha value is -2.94. The van der Waals surface area contributed by atoms with Gasteiger partial charge in [0.1, 0.15) is 0 Å². The summed E-state index contributed by atoms with van der Waals surface area (Å²) in [6.45, 7) is 0. The van der Waals surface area contributed by atoms with Gasteiger partial charge < -0.3 is 4.40 Å². The number of benzene rings is 1. The Morgan fingerprint density at radius 2 is 1.67 bits per heavy atom. The zero-order chi connectivity index (χ0) is 13.8. The topological polar surface area (TPSA) is 30.2 Å². The zero-order valence-corrected chi connectivity index (χ0v) is 11.2. The molecule has 0 unspecified atom stereocenters. The largest absolute Gasteiger partial charge is 0.312 e. The molecule has 5 rings (SSSR count). The summed E-state index contributed by atoms with van der Waals surface area (Å²) < 4.78 is 2.19. The van der Waals surface area contributed by atoms with Gasteiger partial charge in [0.2, 0.25) is 0 Å². The highest BCUT2D eigenvalue weighted by molar-refractivity contribution is 6.16. The first-order chi connectivity index (χ1) is 10.4. The van der Waals surface area contributed by atoms with Crippen LogP contribution in [0.25, 0.3) is 38.2 Å². The predicted octanol–water partition coefficient (Wildman–Crippen LogP) is 4.19. The summed E-state index contributed by atoms with van der Waals surface area (Å²) in [5, 5.41) is 3.47. The lowest BCUT2D eigenvalue weighted by Gasteiger charge is -2.10. The molecule has 21 heavy (non-hydrogen) atoms. The van der Waals surface area contributed by atoms with Crippen LogP contribution in [-0.2, 0) is 0 Å². The summed E-state index contributed by atoms with van der Waals surface area (Å²) in [4.78, 5) is 9.26. The third-order valence-electron chi connectivity index (χ3n) is 4.07. The number of fused-ring (bicyclic) bond motifs is 8. The van der Waals surface area contributed by atoms with Gasteiger partial charge in [0, 0.05) is 34.7 Å². The van der Waals surface area contributed by atoms with Gasteiger partial charge in [0.15, 0.2) is 0 Å². The Balaban J connectivity index is 2.24. The highest BCUT2D eigenvalue weighted by Crippen LogP contribution is 2.31. The van der Waals surface area contributed by atoms with Crippen molar-refractivity contribution in [1.29, 1.82) is 0 Å². The van der Waals surface area contributed by atoms with Gasteiger partial charge in [-0.25, -0.2) is 0 Å². The van der Waals surface area contributed by atoms with Crippen LogP contribution in [0.15, 0.2) is 67.1 Å². The molecule has 0 aliphatic carbocycles. The van der Waals surface area contributed by atoms with Gasteiger partial charge in [-0.2, -0.15) is 0 Å². The van der Waals surface area contributed by atoms with Gasteiger partial charge in [-0.05, 0) is 24.3 Å². The van der Waals surface area contributed by atoms with E-state index >= 15 is 0 Å². The normalized spacial score (nSPS) is 11.8. The van der Waals surface area contributed by atoms with E-state index in [1.807, 2.05) is 24.5 Å². The molecule has 0 aliphatic heterocycles. The summed E-state index contributed by atoms with van der Waals surface area (Å²) in [6.07, 6.45) is 5.86. The number of hydrogen-bond donors (Lipinski definition) is 0. The minimum atomic E-state index is 0.998. The van der Waals surface area contributed by atoms with Gasteiger partial charge in [-0.3, -0.25) is 9.97 Å². The quantitative estimate of drug-likeness (QED) is 0.395. The second kappa shape index (κ2) is 3.79. The minimum absolute atomic E-state index is 0.998. The van der Waals surface area contributed by atoms with Crippen molar-refractivity contribution in [1.82, 2.24) is 14.4 Å². The molecular formula is C18H11N3. The lowest BCUT2D eigenvalue weighted by molar-refractivity contribution is 1.26. The lowest BCUT2D eigenvalue weighted by Crippen LogP contribution is -1.94. The van der Waals surface area contributed by atoms with E-state index in [1.165, 1.54) is 5.39 Å². The molecule has 0 aliphatic rings. The number of hydrogen-bond acceptors (Lipinski definition) is 2. The van der Waals surface area contributed by atoms with Crippen LogP contribution < -0.4 is 0 Å². The molecule has 4 heterocycles. The second-order valence-electron chi connectivity index (χ2n) is 5.21. The molecule has 3 heteroatoms. The predicted molar refractivity (Wildman–Crippen MR) is 85.5 cm³/mol. The molecule has 0 atom stereocenters. The smallest absolute Gasteiger partial charge is 0.0971 e. The van der Waals surface area contributed by atoms with Gasteiger partial charge in [0.05, 0.1) is 22.1 Å². The van der Waals surface area contributed by atoms with E-state index in [9.17, 15) is 0 Å². The van der Waals surface area contributed by atoms with Crippen LogP contribution >= 0.6 is 0 Å². The maximum atomic E-state index is 4.71. The molecule has 0 fully saturated rings. The average Bonchev–Trinajstić information content (AvgIpc) is 3.04. The molecule has 0 radical (unpaired) electrons. The number of aromatic nitrogens is 3. The van der Waals surface area contributed by atoms with Crippen LogP contribution in [0, 0.1) is 0 Å². The van der Waals surface area contributed by atoms with Crippen molar-refractivity contribution in [2.45, 2.75) is 0 Å². The molecule has 0 N–H and O–H groups in total. The van der Waals surface area contributed by atoms with Crippen LogP contribution in [-0.4, -0.2) is 14.4 Å². The Morgan fingerprint density at radius 3 is 2.67 bits per heavy atom. The number of rotatable bonds is 0. The summed E-state index contributed by atoms with van der Waals surface area (Å²) in [5.41, 5.74) is 4.27. The van der Waals surface area contributed by atoms with Gasteiger partial charge in [0.25, 0.3) is 0 Å². The van der Waals surface area contributed by atoms with Gasteiger partial charge in [-0.15, -0.1) is 0 Å². The molecule has 0 spiro atoms. The van der Waals surface area contributed by atoms with E-state index in [-0.39, 0.29) is 0 Å². The molecule has 98 valence electrons. The first kappa shape index (κ1) is 10.8. The molecule has 0 bridgehead atoms. The van der Waals surface area contributed by atoms with Crippen molar-refractivity contribution in [3.8, 4) is 0 Å². The van der Waals surface area contributed by atoms with Crippen LogP contribution in [0.5, 0.6) is 0 Å². The number of pyridine rings is 3. The monoisotopic (exact) mass is 269 g/mol. The van der Waals surface area contributed by atoms with Crippen molar-refractivity contribution >= 4 is 38.2 Å². The van der Waals surface area contributed by atoms with E-state index in [0.717, 1.165) is 32.8 Å². The van der Waals surface area contributed by atoms with Crippen LogP contribution in [0.3, 0.4) is 0 Å². The van der Waals surface area contributed by atoms with Crippen molar-refractivity contribution in [2.75, 3.05) is 0 Å². The van der Waals surface area contributed by atoms with Crippen LogP contribution in [0.1, 0.15) is 0 Å². The van der Waals surface area contributed by atoms with E-state index in [2.05, 4.69) is 52.0 Å². The molecule has 4 aromatic heterocycles. The Bertz CT molecular complexity index is 1130. The van der Waals surface area contributed by atoms with Crippen molar-refractivity contribution in [3.05, 3.63) is 67.1 Å². The lowest BCUT2D eigenvalue weighted by atomic mass is 10.1. The molecular weight excluding hydrogens is 258 g/mol. The Kier molecular flexibility index (Phi) is 1.95. The molecule has 0 saturated carbocycles. The van der Waals surface area contributed by atoms with Crippen LogP contribution in [0.4, 0.5) is 0 Å². The van der Waals surface area contributed by atoms with Gasteiger partial charge >= 0.3 is 0 Å². The first-order valence-electron chi connectivity index (χ1n) is 6.95. The van der Waals surface area contributed by atoms with Gasteiger partial charge in [-0.1, -0.05) is 24.3 Å². The molecule has 0 saturated heterocycles. The van der Waals surface area contributed by atoms with E-state index in [4.69, 9.17) is 4.98 Å². The number of nitrogens with zero attached hydrogens (tertiary/aromatic N) is 3. The van der Waals surface area contributed by atoms with Crippen molar-refractivity contribution in [2.24, 2.45) is 0 Å². The maximum Gasteiger partial charge on any atom is 0.0971 e. The minimum Gasteiger partial charge on any atom is -0.312 e. The maximum absolute atomic E-state index is 4.71. The fraction of sp³-hybridized carbons (Fsp3) is 0. The fourth-order valence-electron chi connectivity index (χ4n) is 3.16. The summed E-state index contributed by atoms with van der Waals surface area (Å²) in [5.74, 6) is 0. The van der Waals surface area contributed by atoms with Crippen molar-refractivity contribution < 1.29 is 0 Å². The summed E-state index contributed by atoms with van der Waals surface area (Å²) in [6, 6.07) is 16.6. The van der Waals surface area contributed by atoms with Crippen molar-refractivity contribution in [3.63, 3.8) is 0 Å². The Morgan fingerprint density at radius 1 is 0.762 bits per heavy atom. The van der Waals surface area contributed by atoms with E-state index < -0.39 is 0 Å². The fourth-order valence-corrected chi connectivity index (χ4v) is 3.16. The van der Waals surface area contributed by atoms with E-state index in [0.29, 0.717) is 0 Å². The molecule has 5 aromatic rings. The molecule has 0 amide bonds. The SMILES string of the molecule is c1ccc2c(c1)cnc1c3cccnc3c3cccn3c21. The zero-order valence-electron chi connectivity index (χ0n) is 11.2. The average molecular weight is 269 g/mol. The third-order valence-corrected chi connectivity index (χ3v) is 4.07. The summed E-state index contributed by atoms with van der Waals surface area (Å²) >= 11 is 0. The summed E-state index contributed by atoms with van der Waals surface area (Å²) in [7, 11) is 0. The second-order valence-corrected chi connectivity index (χ2v) is 5.21.